The summed E-state index contributed by atoms with van der Waals surface area (Å²) in [4.78, 5) is 8.74. The number of aliphatic imine (C=N–C) groups is 1. The highest BCUT2D eigenvalue weighted by molar-refractivity contribution is 5.80. The lowest BCUT2D eigenvalue weighted by molar-refractivity contribution is -0.142. The lowest BCUT2D eigenvalue weighted by Gasteiger charge is -2.36. The van der Waals surface area contributed by atoms with E-state index in [1.807, 2.05) is 13.0 Å². The van der Waals surface area contributed by atoms with Crippen LogP contribution in [0.5, 0.6) is 0 Å². The highest BCUT2D eigenvalue weighted by atomic mass is 19.4. The van der Waals surface area contributed by atoms with Gasteiger partial charge in [-0.15, -0.1) is 0 Å². The van der Waals surface area contributed by atoms with Crippen LogP contribution in [0.3, 0.4) is 0 Å². The van der Waals surface area contributed by atoms with Crippen molar-refractivity contribution in [3.63, 3.8) is 0 Å². The second kappa shape index (κ2) is 8.63. The van der Waals surface area contributed by atoms with Gasteiger partial charge in [-0.1, -0.05) is 5.16 Å². The Labute approximate surface area is 161 Å². The average Bonchev–Trinajstić information content (AvgIpc) is 3.28. The monoisotopic (exact) mass is 399 g/mol. The molecular weight excluding hydrogens is 375 g/mol. The standard InChI is InChI=1S/C17H24F3N7O/c1-3-21-16(22-10-13-11-25(2)23-15(13)17(18,19)20)27-7-5-26(6-8-27)12-14-4-9-28-24-14/h4,9,11H,3,5-8,10,12H2,1-2H3,(H,21,22). The first-order valence-electron chi connectivity index (χ1n) is 9.11. The molecule has 0 atom stereocenters. The molecule has 154 valence electrons. The van der Waals surface area contributed by atoms with E-state index in [1.165, 1.54) is 17.9 Å². The number of hydrogen-bond donors (Lipinski definition) is 1. The van der Waals surface area contributed by atoms with Crippen LogP contribution in [0.15, 0.2) is 28.0 Å². The Bertz CT molecular complexity index is 777. The van der Waals surface area contributed by atoms with Crippen molar-refractivity contribution < 1.29 is 17.7 Å². The van der Waals surface area contributed by atoms with Crippen molar-refractivity contribution in [3.8, 4) is 0 Å². The van der Waals surface area contributed by atoms with E-state index in [1.54, 1.807) is 6.26 Å². The van der Waals surface area contributed by atoms with E-state index in [-0.39, 0.29) is 12.1 Å². The Hall–Kier alpha value is -2.56. The van der Waals surface area contributed by atoms with Gasteiger partial charge >= 0.3 is 6.18 Å². The van der Waals surface area contributed by atoms with Crippen LogP contribution < -0.4 is 5.32 Å². The molecule has 3 heterocycles. The van der Waals surface area contributed by atoms with Crippen LogP contribution in [0.4, 0.5) is 13.2 Å². The number of aryl methyl sites for hydroxylation is 1. The molecule has 0 aromatic carbocycles. The molecule has 0 radical (unpaired) electrons. The third kappa shape index (κ3) is 5.03. The summed E-state index contributed by atoms with van der Waals surface area (Å²) in [5.74, 6) is 0.612. The molecule has 1 aliphatic heterocycles. The minimum Gasteiger partial charge on any atom is -0.364 e. The molecule has 0 aliphatic carbocycles. The molecule has 0 bridgehead atoms. The number of hydrogen-bond acceptors (Lipinski definition) is 5. The van der Waals surface area contributed by atoms with E-state index >= 15 is 0 Å². The normalized spacial score (nSPS) is 16.6. The molecule has 11 heteroatoms. The van der Waals surface area contributed by atoms with Gasteiger partial charge in [0.1, 0.15) is 6.26 Å². The van der Waals surface area contributed by atoms with Crippen molar-refractivity contribution in [2.75, 3.05) is 32.7 Å². The molecule has 0 saturated carbocycles. The molecule has 1 aliphatic rings. The van der Waals surface area contributed by atoms with Gasteiger partial charge in [0.25, 0.3) is 0 Å². The van der Waals surface area contributed by atoms with Gasteiger partial charge in [-0.05, 0) is 6.92 Å². The third-order valence-electron chi connectivity index (χ3n) is 4.46. The Morgan fingerprint density at radius 3 is 2.64 bits per heavy atom. The molecular formula is C17H24F3N7O. The van der Waals surface area contributed by atoms with Crippen molar-refractivity contribution in [1.29, 1.82) is 0 Å². The zero-order chi connectivity index (χ0) is 20.1. The fraction of sp³-hybridized carbons (Fsp3) is 0.588. The minimum absolute atomic E-state index is 0.0649. The predicted molar refractivity (Wildman–Crippen MR) is 96.4 cm³/mol. The Morgan fingerprint density at radius 2 is 2.04 bits per heavy atom. The fourth-order valence-electron chi connectivity index (χ4n) is 3.14. The lowest BCUT2D eigenvalue weighted by atomic mass is 10.2. The Balaban J connectivity index is 1.64. The summed E-state index contributed by atoms with van der Waals surface area (Å²) in [6.07, 6.45) is -1.57. The number of aromatic nitrogens is 3. The number of guanidine groups is 1. The number of nitrogens with one attached hydrogen (secondary N) is 1. The molecule has 0 spiro atoms. The van der Waals surface area contributed by atoms with Gasteiger partial charge in [-0.3, -0.25) is 9.58 Å². The second-order valence-corrected chi connectivity index (χ2v) is 6.60. The highest BCUT2D eigenvalue weighted by Gasteiger charge is 2.36. The number of nitrogens with zero attached hydrogens (tertiary/aromatic N) is 6. The van der Waals surface area contributed by atoms with E-state index in [0.717, 1.165) is 31.9 Å². The topological polar surface area (TPSA) is 74.7 Å². The van der Waals surface area contributed by atoms with Gasteiger partial charge in [-0.2, -0.15) is 18.3 Å². The van der Waals surface area contributed by atoms with E-state index in [4.69, 9.17) is 4.52 Å². The van der Waals surface area contributed by atoms with Crippen LogP contribution in [0.2, 0.25) is 0 Å². The molecule has 2 aromatic rings. The smallest absolute Gasteiger partial charge is 0.364 e. The third-order valence-corrected chi connectivity index (χ3v) is 4.46. The zero-order valence-corrected chi connectivity index (χ0v) is 15.9. The average molecular weight is 399 g/mol. The van der Waals surface area contributed by atoms with Gasteiger partial charge in [0.05, 0.1) is 12.2 Å². The SMILES string of the molecule is CCNC(=NCc1cn(C)nc1C(F)(F)F)N1CCN(Cc2ccon2)CC1. The quantitative estimate of drug-likeness (QED) is 0.610. The highest BCUT2D eigenvalue weighted by Crippen LogP contribution is 2.30. The van der Waals surface area contributed by atoms with Crippen LogP contribution >= 0.6 is 0 Å². The van der Waals surface area contributed by atoms with Gasteiger partial charge in [0, 0.05) is 64.1 Å². The lowest BCUT2D eigenvalue weighted by Crippen LogP contribution is -2.52. The summed E-state index contributed by atoms with van der Waals surface area (Å²) >= 11 is 0. The summed E-state index contributed by atoms with van der Waals surface area (Å²) in [5, 5.41) is 10.6. The Kier molecular flexibility index (Phi) is 6.22. The summed E-state index contributed by atoms with van der Waals surface area (Å²) in [6.45, 7) is 6.26. The predicted octanol–water partition coefficient (Wildman–Crippen LogP) is 1.71. The largest absolute Gasteiger partial charge is 0.435 e. The molecule has 3 rings (SSSR count). The van der Waals surface area contributed by atoms with Gasteiger partial charge in [-0.25, -0.2) is 4.99 Å². The summed E-state index contributed by atoms with van der Waals surface area (Å²) in [6, 6.07) is 1.84. The summed E-state index contributed by atoms with van der Waals surface area (Å²) in [7, 11) is 1.47. The first-order valence-corrected chi connectivity index (χ1v) is 9.11. The van der Waals surface area contributed by atoms with Crippen LogP contribution in [0.1, 0.15) is 23.9 Å². The van der Waals surface area contributed by atoms with E-state index in [2.05, 4.69) is 30.4 Å². The number of halogens is 3. The van der Waals surface area contributed by atoms with Crippen LogP contribution in [-0.4, -0.2) is 63.4 Å². The van der Waals surface area contributed by atoms with Crippen molar-refractivity contribution in [1.82, 2.24) is 30.1 Å². The summed E-state index contributed by atoms with van der Waals surface area (Å²) in [5.41, 5.74) is 0.0624. The van der Waals surface area contributed by atoms with E-state index in [9.17, 15) is 13.2 Å². The molecule has 1 fully saturated rings. The second-order valence-electron chi connectivity index (χ2n) is 6.60. The fourth-order valence-corrected chi connectivity index (χ4v) is 3.14. The Morgan fingerprint density at radius 1 is 1.29 bits per heavy atom. The van der Waals surface area contributed by atoms with Crippen LogP contribution in [0, 0.1) is 0 Å². The maximum atomic E-state index is 13.1. The van der Waals surface area contributed by atoms with Gasteiger partial charge < -0.3 is 14.7 Å². The maximum Gasteiger partial charge on any atom is 0.435 e. The van der Waals surface area contributed by atoms with Crippen molar-refractivity contribution in [3.05, 3.63) is 35.5 Å². The van der Waals surface area contributed by atoms with Crippen LogP contribution in [-0.2, 0) is 26.3 Å². The zero-order valence-electron chi connectivity index (χ0n) is 15.9. The van der Waals surface area contributed by atoms with Gasteiger partial charge in [0.15, 0.2) is 11.7 Å². The van der Waals surface area contributed by atoms with Crippen molar-refractivity contribution >= 4 is 5.96 Å². The first-order chi connectivity index (χ1) is 13.4. The van der Waals surface area contributed by atoms with Gasteiger partial charge in [0.2, 0.25) is 0 Å². The van der Waals surface area contributed by atoms with Crippen molar-refractivity contribution in [2.24, 2.45) is 12.0 Å². The first kappa shape index (κ1) is 20.2. The van der Waals surface area contributed by atoms with E-state index < -0.39 is 11.9 Å². The maximum absolute atomic E-state index is 13.1. The summed E-state index contributed by atoms with van der Waals surface area (Å²) < 4.78 is 45.4. The number of piperazine rings is 1. The van der Waals surface area contributed by atoms with Crippen molar-refractivity contribution in [2.45, 2.75) is 26.2 Å². The molecule has 0 amide bonds. The number of alkyl halides is 3. The molecule has 28 heavy (non-hydrogen) atoms. The molecule has 8 nitrogen and oxygen atoms in total. The molecule has 1 N–H and O–H groups in total. The molecule has 2 aromatic heterocycles. The molecule has 1 saturated heterocycles. The molecule has 0 unspecified atom stereocenters. The van der Waals surface area contributed by atoms with E-state index in [0.29, 0.717) is 19.0 Å². The number of rotatable bonds is 5. The van der Waals surface area contributed by atoms with Crippen LogP contribution in [0.25, 0.3) is 0 Å². The minimum atomic E-state index is -4.49.